The fourth-order valence-electron chi connectivity index (χ4n) is 6.57. The van der Waals surface area contributed by atoms with Crippen LogP contribution in [0.1, 0.15) is 76.2 Å². The lowest BCUT2D eigenvalue weighted by atomic mass is 9.64. The molecular formula is C31H37N7O4. The number of hydrogen-bond donors (Lipinski definition) is 1. The molecular weight excluding hydrogens is 534 g/mol. The second kappa shape index (κ2) is 9.71. The summed E-state index contributed by atoms with van der Waals surface area (Å²) in [6, 6.07) is 5.85. The molecule has 1 saturated heterocycles. The Morgan fingerprint density at radius 2 is 1.95 bits per heavy atom. The summed E-state index contributed by atoms with van der Waals surface area (Å²) in [6.07, 6.45) is 11.9. The van der Waals surface area contributed by atoms with Crippen LogP contribution >= 0.6 is 0 Å². The normalized spacial score (nSPS) is 21.9. The van der Waals surface area contributed by atoms with Crippen LogP contribution in [0.15, 0.2) is 43.1 Å². The second-order valence-corrected chi connectivity index (χ2v) is 13.4. The van der Waals surface area contributed by atoms with Crippen molar-refractivity contribution in [3.05, 3.63) is 48.7 Å². The van der Waals surface area contributed by atoms with Gasteiger partial charge in [0.05, 0.1) is 40.6 Å². The van der Waals surface area contributed by atoms with Crippen molar-refractivity contribution in [2.24, 2.45) is 11.3 Å². The van der Waals surface area contributed by atoms with Crippen molar-refractivity contribution in [3.8, 4) is 5.75 Å². The zero-order valence-corrected chi connectivity index (χ0v) is 24.5. The van der Waals surface area contributed by atoms with Gasteiger partial charge in [0.2, 0.25) is 0 Å². The summed E-state index contributed by atoms with van der Waals surface area (Å²) in [5.74, 6) is 0.696. The molecule has 42 heavy (non-hydrogen) atoms. The number of nitrogens with zero attached hydrogens (tertiary/aromatic N) is 6. The number of carbonyl (C=O) groups excluding carboxylic acids is 2. The molecule has 3 aliphatic rings. The molecule has 220 valence electrons. The highest BCUT2D eigenvalue weighted by Crippen LogP contribution is 2.50. The van der Waals surface area contributed by atoms with Gasteiger partial charge in [0.1, 0.15) is 17.7 Å². The number of nitrogens with one attached hydrogen (secondary N) is 1. The number of aromatic nitrogens is 5. The lowest BCUT2D eigenvalue weighted by molar-refractivity contribution is -0.0648. The number of anilines is 1. The van der Waals surface area contributed by atoms with Crippen molar-refractivity contribution in [2.75, 3.05) is 18.4 Å². The maximum absolute atomic E-state index is 13.5. The summed E-state index contributed by atoms with van der Waals surface area (Å²) in [7, 11) is 0. The predicted octanol–water partition coefficient (Wildman–Crippen LogP) is 5.47. The number of carbonyl (C=O) groups is 2. The van der Waals surface area contributed by atoms with Crippen molar-refractivity contribution in [1.29, 1.82) is 0 Å². The molecule has 1 spiro atoms. The Labute approximate surface area is 244 Å². The molecule has 1 aromatic carbocycles. The van der Waals surface area contributed by atoms with Gasteiger partial charge in [0, 0.05) is 42.4 Å². The fraction of sp³-hybridized carbons (Fsp3) is 0.516. The van der Waals surface area contributed by atoms with Crippen LogP contribution in [-0.2, 0) is 4.74 Å². The van der Waals surface area contributed by atoms with Gasteiger partial charge in [-0.05, 0) is 70.9 Å². The van der Waals surface area contributed by atoms with E-state index in [0.29, 0.717) is 22.9 Å². The van der Waals surface area contributed by atoms with Gasteiger partial charge in [-0.1, -0.05) is 6.92 Å². The molecule has 2 aliphatic carbocycles. The molecule has 0 bridgehead atoms. The number of amides is 2. The van der Waals surface area contributed by atoms with E-state index in [1.54, 1.807) is 23.2 Å². The van der Waals surface area contributed by atoms with Crippen LogP contribution in [0.5, 0.6) is 5.75 Å². The minimum atomic E-state index is -0.483. The van der Waals surface area contributed by atoms with E-state index in [1.165, 1.54) is 0 Å². The Kier molecular flexibility index (Phi) is 6.18. The van der Waals surface area contributed by atoms with E-state index in [2.05, 4.69) is 33.2 Å². The standard InChI is InChI=1S/C31H37N7O4/c1-19-13-31(16-36(17-31)29(40)42-30(2,3)4)9-7-25(19)37-15-20-11-22(27(12-23(20)35-37)41-21-5-6-21)28(39)34-24-14-33-38-18-32-10-8-26(24)38/h8,10-12,14-15,18-19,21,25H,5-7,9,13,16-17H2,1-4H3,(H,34,39)/t19-,25-/m1/s1. The summed E-state index contributed by atoms with van der Waals surface area (Å²) in [5.41, 5.74) is 2.35. The first-order valence-corrected chi connectivity index (χ1v) is 14.8. The minimum Gasteiger partial charge on any atom is -0.490 e. The number of fused-ring (bicyclic) bond motifs is 2. The lowest BCUT2D eigenvalue weighted by Gasteiger charge is -2.54. The topological polar surface area (TPSA) is 116 Å². The molecule has 2 saturated carbocycles. The van der Waals surface area contributed by atoms with Gasteiger partial charge in [-0.25, -0.2) is 14.3 Å². The van der Waals surface area contributed by atoms with Crippen molar-refractivity contribution in [2.45, 2.75) is 77.5 Å². The minimum absolute atomic E-state index is 0.136. The van der Waals surface area contributed by atoms with Gasteiger partial charge in [0.15, 0.2) is 0 Å². The molecule has 1 N–H and O–H groups in total. The van der Waals surface area contributed by atoms with Crippen LogP contribution in [-0.4, -0.2) is 66.1 Å². The van der Waals surface area contributed by atoms with E-state index >= 15 is 0 Å². The number of rotatable bonds is 5. The monoisotopic (exact) mass is 571 g/mol. The molecule has 3 fully saturated rings. The van der Waals surface area contributed by atoms with Gasteiger partial charge in [-0.2, -0.15) is 10.2 Å². The highest BCUT2D eigenvalue weighted by atomic mass is 16.6. The van der Waals surface area contributed by atoms with Gasteiger partial charge < -0.3 is 19.7 Å². The zero-order chi connectivity index (χ0) is 29.2. The first-order chi connectivity index (χ1) is 20.1. The van der Waals surface area contributed by atoms with E-state index in [1.807, 2.05) is 43.9 Å². The molecule has 2 amide bonds. The Hall–Kier alpha value is -4.15. The highest BCUT2D eigenvalue weighted by Gasteiger charge is 2.50. The van der Waals surface area contributed by atoms with Gasteiger partial charge in [0.25, 0.3) is 5.91 Å². The van der Waals surface area contributed by atoms with E-state index in [4.69, 9.17) is 14.6 Å². The van der Waals surface area contributed by atoms with E-state index in [-0.39, 0.29) is 29.6 Å². The van der Waals surface area contributed by atoms with Crippen LogP contribution in [0.3, 0.4) is 0 Å². The van der Waals surface area contributed by atoms with Crippen LogP contribution in [0.25, 0.3) is 16.4 Å². The summed E-state index contributed by atoms with van der Waals surface area (Å²) in [4.78, 5) is 31.9. The van der Waals surface area contributed by atoms with E-state index < -0.39 is 5.60 Å². The molecule has 4 heterocycles. The average Bonchev–Trinajstić information content (AvgIpc) is 3.49. The summed E-state index contributed by atoms with van der Waals surface area (Å²) in [5, 5.41) is 13.2. The fourth-order valence-corrected chi connectivity index (χ4v) is 6.57. The molecule has 1 aliphatic heterocycles. The van der Waals surface area contributed by atoms with Gasteiger partial charge >= 0.3 is 6.09 Å². The third-order valence-electron chi connectivity index (χ3n) is 8.69. The SMILES string of the molecule is C[C@@H]1CC2(CC[C@H]1n1cc3cc(C(=O)Nc4cnn5cnccc45)c(OC4CC4)cc3n1)CN(C(=O)OC(C)(C)C)C2. The third-order valence-corrected chi connectivity index (χ3v) is 8.69. The molecule has 4 aromatic rings. The second-order valence-electron chi connectivity index (χ2n) is 13.4. The average molecular weight is 572 g/mol. The maximum atomic E-state index is 13.5. The lowest BCUT2D eigenvalue weighted by Crippen LogP contribution is -2.61. The van der Waals surface area contributed by atoms with Crippen LogP contribution in [0, 0.1) is 11.3 Å². The third kappa shape index (κ3) is 5.05. The first kappa shape index (κ1) is 26.7. The van der Waals surface area contributed by atoms with Crippen molar-refractivity contribution >= 4 is 34.1 Å². The summed E-state index contributed by atoms with van der Waals surface area (Å²) >= 11 is 0. The molecule has 11 nitrogen and oxygen atoms in total. The summed E-state index contributed by atoms with van der Waals surface area (Å²) in [6.45, 7) is 9.49. The van der Waals surface area contributed by atoms with Crippen LogP contribution < -0.4 is 10.1 Å². The Morgan fingerprint density at radius 1 is 1.14 bits per heavy atom. The number of ether oxygens (including phenoxy) is 2. The number of benzene rings is 1. The molecule has 0 unspecified atom stereocenters. The van der Waals surface area contributed by atoms with Crippen LogP contribution in [0.4, 0.5) is 10.5 Å². The number of likely N-dealkylation sites (tertiary alicyclic amines) is 1. The van der Waals surface area contributed by atoms with E-state index in [0.717, 1.165) is 61.6 Å². The number of hydrogen-bond acceptors (Lipinski definition) is 7. The van der Waals surface area contributed by atoms with E-state index in [9.17, 15) is 9.59 Å². The maximum Gasteiger partial charge on any atom is 0.410 e. The van der Waals surface area contributed by atoms with Crippen molar-refractivity contribution in [1.82, 2.24) is 29.3 Å². The molecule has 0 radical (unpaired) electrons. The summed E-state index contributed by atoms with van der Waals surface area (Å²) < 4.78 is 15.5. The Morgan fingerprint density at radius 3 is 2.69 bits per heavy atom. The van der Waals surface area contributed by atoms with Crippen LogP contribution in [0.2, 0.25) is 0 Å². The molecule has 3 aromatic heterocycles. The Balaban J connectivity index is 1.09. The predicted molar refractivity (Wildman–Crippen MR) is 157 cm³/mol. The van der Waals surface area contributed by atoms with Crippen molar-refractivity contribution in [3.63, 3.8) is 0 Å². The smallest absolute Gasteiger partial charge is 0.410 e. The van der Waals surface area contributed by atoms with Gasteiger partial charge in [-0.3, -0.25) is 9.48 Å². The van der Waals surface area contributed by atoms with Gasteiger partial charge in [-0.15, -0.1) is 0 Å². The quantitative estimate of drug-likeness (QED) is 0.338. The zero-order valence-electron chi connectivity index (χ0n) is 24.5. The molecule has 2 atom stereocenters. The van der Waals surface area contributed by atoms with Crippen molar-refractivity contribution < 1.29 is 19.1 Å². The highest BCUT2D eigenvalue weighted by molar-refractivity contribution is 6.09. The first-order valence-electron chi connectivity index (χ1n) is 14.8. The Bertz CT molecular complexity index is 1680. The largest absolute Gasteiger partial charge is 0.490 e. The molecule has 11 heteroatoms. The molecule has 7 rings (SSSR count).